The van der Waals surface area contributed by atoms with E-state index in [1.165, 1.54) is 0 Å². The number of likely N-dealkylation sites (N-methyl/N-ethyl adjacent to an activating group) is 1. The lowest BCUT2D eigenvalue weighted by atomic mass is 10.1. The maximum atomic E-state index is 11.5. The average Bonchev–Trinajstić information content (AvgIpc) is 2.24. The third-order valence-electron chi connectivity index (χ3n) is 1.96. The van der Waals surface area contributed by atoms with Gasteiger partial charge in [0.2, 0.25) is 0 Å². The van der Waals surface area contributed by atoms with Crippen LogP contribution in [-0.2, 0) is 19.1 Å². The first-order valence-electron chi connectivity index (χ1n) is 5.71. The molecule has 0 fully saturated rings. The molecule has 16 heavy (non-hydrogen) atoms. The summed E-state index contributed by atoms with van der Waals surface area (Å²) in [4.78, 5) is 22.6. The van der Waals surface area contributed by atoms with Crippen LogP contribution < -0.4 is 5.32 Å². The van der Waals surface area contributed by atoms with Gasteiger partial charge in [-0.3, -0.25) is 9.59 Å². The summed E-state index contributed by atoms with van der Waals surface area (Å²) in [5, 5.41) is 2.98. The second-order valence-electron chi connectivity index (χ2n) is 3.21. The summed E-state index contributed by atoms with van der Waals surface area (Å²) in [5.74, 6) is -0.594. The Balaban J connectivity index is 4.02. The van der Waals surface area contributed by atoms with Crippen LogP contribution in [0.3, 0.4) is 0 Å². The second kappa shape index (κ2) is 9.15. The fraction of sp³-hybridized carbons (Fsp3) is 0.818. The monoisotopic (exact) mass is 231 g/mol. The number of esters is 2. The van der Waals surface area contributed by atoms with E-state index in [0.29, 0.717) is 26.2 Å². The topological polar surface area (TPSA) is 64.6 Å². The van der Waals surface area contributed by atoms with E-state index in [2.05, 4.69) is 5.32 Å². The maximum absolute atomic E-state index is 11.5. The molecule has 5 nitrogen and oxygen atoms in total. The smallest absolute Gasteiger partial charge is 0.323 e. The first-order chi connectivity index (χ1) is 7.65. The normalized spacial score (nSPS) is 11.9. The minimum atomic E-state index is -0.422. The van der Waals surface area contributed by atoms with E-state index in [0.717, 1.165) is 0 Å². The van der Waals surface area contributed by atoms with Crippen molar-refractivity contribution in [2.75, 3.05) is 19.8 Å². The molecule has 0 saturated carbocycles. The molecule has 0 aliphatic heterocycles. The molecule has 94 valence electrons. The largest absolute Gasteiger partial charge is 0.466 e. The highest BCUT2D eigenvalue weighted by atomic mass is 16.5. The Morgan fingerprint density at radius 2 is 1.75 bits per heavy atom. The quantitative estimate of drug-likeness (QED) is 0.628. The van der Waals surface area contributed by atoms with Crippen LogP contribution >= 0.6 is 0 Å². The Morgan fingerprint density at radius 3 is 2.25 bits per heavy atom. The van der Waals surface area contributed by atoms with Gasteiger partial charge >= 0.3 is 11.9 Å². The molecule has 0 heterocycles. The van der Waals surface area contributed by atoms with Crippen molar-refractivity contribution in [2.45, 2.75) is 39.7 Å². The van der Waals surface area contributed by atoms with Crippen molar-refractivity contribution in [3.8, 4) is 0 Å². The van der Waals surface area contributed by atoms with Gasteiger partial charge in [-0.05, 0) is 26.8 Å². The highest BCUT2D eigenvalue weighted by Crippen LogP contribution is 2.02. The van der Waals surface area contributed by atoms with E-state index >= 15 is 0 Å². The summed E-state index contributed by atoms with van der Waals surface area (Å²) < 4.78 is 9.69. The Hall–Kier alpha value is -1.10. The molecule has 0 aromatic carbocycles. The minimum absolute atomic E-state index is 0.227. The minimum Gasteiger partial charge on any atom is -0.466 e. The molecule has 0 aromatic rings. The van der Waals surface area contributed by atoms with E-state index in [4.69, 9.17) is 9.47 Å². The lowest BCUT2D eigenvalue weighted by Gasteiger charge is -2.15. The number of rotatable bonds is 8. The summed E-state index contributed by atoms with van der Waals surface area (Å²) in [6.07, 6.45) is 0.635. The fourth-order valence-electron chi connectivity index (χ4n) is 1.29. The summed E-state index contributed by atoms with van der Waals surface area (Å²) in [6, 6.07) is -0.422. The van der Waals surface area contributed by atoms with Gasteiger partial charge in [-0.1, -0.05) is 6.92 Å². The highest BCUT2D eigenvalue weighted by molar-refractivity contribution is 5.77. The van der Waals surface area contributed by atoms with Crippen LogP contribution in [0.15, 0.2) is 0 Å². The molecule has 0 rings (SSSR count). The van der Waals surface area contributed by atoms with Gasteiger partial charge in [0, 0.05) is 6.42 Å². The third-order valence-corrected chi connectivity index (χ3v) is 1.96. The Labute approximate surface area is 96.5 Å². The Bertz CT molecular complexity index is 218. The van der Waals surface area contributed by atoms with Crippen LogP contribution in [0.2, 0.25) is 0 Å². The molecule has 0 radical (unpaired) electrons. The summed E-state index contributed by atoms with van der Waals surface area (Å²) in [7, 11) is 0. The summed E-state index contributed by atoms with van der Waals surface area (Å²) in [6.45, 7) is 6.78. The molecule has 5 heteroatoms. The van der Waals surface area contributed by atoms with Crippen molar-refractivity contribution >= 4 is 11.9 Å². The number of carbonyl (C=O) groups excluding carboxylic acids is 2. The zero-order chi connectivity index (χ0) is 12.4. The van der Waals surface area contributed by atoms with Crippen molar-refractivity contribution in [3.63, 3.8) is 0 Å². The first-order valence-corrected chi connectivity index (χ1v) is 5.71. The molecule has 0 amide bonds. The number of ether oxygens (including phenoxy) is 2. The van der Waals surface area contributed by atoms with E-state index in [1.54, 1.807) is 13.8 Å². The van der Waals surface area contributed by atoms with Crippen molar-refractivity contribution in [1.82, 2.24) is 5.32 Å². The van der Waals surface area contributed by atoms with E-state index in [-0.39, 0.29) is 18.4 Å². The van der Waals surface area contributed by atoms with Gasteiger partial charge in [0.25, 0.3) is 0 Å². The van der Waals surface area contributed by atoms with Crippen LogP contribution in [0.4, 0.5) is 0 Å². The van der Waals surface area contributed by atoms with Gasteiger partial charge in [0.15, 0.2) is 0 Å². The van der Waals surface area contributed by atoms with E-state index in [1.807, 2.05) is 6.92 Å². The van der Waals surface area contributed by atoms with Crippen molar-refractivity contribution < 1.29 is 19.1 Å². The van der Waals surface area contributed by atoms with Crippen molar-refractivity contribution in [2.24, 2.45) is 0 Å². The molecular formula is C11H21NO4. The van der Waals surface area contributed by atoms with Crippen LogP contribution in [0.1, 0.15) is 33.6 Å². The Kier molecular flexibility index (Phi) is 8.52. The maximum Gasteiger partial charge on any atom is 0.323 e. The van der Waals surface area contributed by atoms with Crippen LogP contribution in [0.5, 0.6) is 0 Å². The molecule has 0 aromatic heterocycles. The number of carbonyl (C=O) groups is 2. The Morgan fingerprint density at radius 1 is 1.12 bits per heavy atom. The number of nitrogens with one attached hydrogen (secondary N) is 1. The molecule has 0 bridgehead atoms. The van der Waals surface area contributed by atoms with Gasteiger partial charge in [0.05, 0.1) is 13.2 Å². The number of hydrogen-bond donors (Lipinski definition) is 1. The van der Waals surface area contributed by atoms with E-state index in [9.17, 15) is 9.59 Å². The van der Waals surface area contributed by atoms with Gasteiger partial charge < -0.3 is 14.8 Å². The predicted molar refractivity (Wildman–Crippen MR) is 60.0 cm³/mol. The molecule has 0 spiro atoms. The lowest BCUT2D eigenvalue weighted by Crippen LogP contribution is -2.38. The highest BCUT2D eigenvalue weighted by Gasteiger charge is 2.19. The van der Waals surface area contributed by atoms with Gasteiger partial charge in [0.1, 0.15) is 6.04 Å². The lowest BCUT2D eigenvalue weighted by molar-refractivity contribution is -0.147. The van der Waals surface area contributed by atoms with E-state index < -0.39 is 6.04 Å². The molecule has 0 aliphatic rings. The second-order valence-corrected chi connectivity index (χ2v) is 3.21. The van der Waals surface area contributed by atoms with Crippen molar-refractivity contribution in [3.05, 3.63) is 0 Å². The molecule has 0 aliphatic carbocycles. The van der Waals surface area contributed by atoms with Crippen LogP contribution in [0.25, 0.3) is 0 Å². The first kappa shape index (κ1) is 14.9. The van der Waals surface area contributed by atoms with Gasteiger partial charge in [-0.2, -0.15) is 0 Å². The molecular weight excluding hydrogens is 210 g/mol. The van der Waals surface area contributed by atoms with Gasteiger partial charge in [-0.15, -0.1) is 0 Å². The molecule has 1 unspecified atom stereocenters. The molecule has 0 saturated heterocycles. The standard InChI is InChI=1S/C11H21NO4/c1-4-12-9(11(14)16-6-3)7-8-10(13)15-5-2/h9,12H,4-8H2,1-3H3. The van der Waals surface area contributed by atoms with Gasteiger partial charge in [-0.25, -0.2) is 0 Å². The summed E-state index contributed by atoms with van der Waals surface area (Å²) >= 11 is 0. The van der Waals surface area contributed by atoms with Crippen molar-refractivity contribution in [1.29, 1.82) is 0 Å². The predicted octanol–water partition coefficient (Wildman–Crippen LogP) is 0.871. The molecule has 1 N–H and O–H groups in total. The summed E-state index contributed by atoms with van der Waals surface area (Å²) in [5.41, 5.74) is 0. The van der Waals surface area contributed by atoms with Crippen LogP contribution in [0, 0.1) is 0 Å². The third kappa shape index (κ3) is 6.40. The number of hydrogen-bond acceptors (Lipinski definition) is 5. The average molecular weight is 231 g/mol. The SMILES string of the molecule is CCNC(CCC(=O)OCC)C(=O)OCC. The van der Waals surface area contributed by atoms with Crippen LogP contribution in [-0.4, -0.2) is 37.7 Å². The zero-order valence-electron chi connectivity index (χ0n) is 10.2. The molecule has 1 atom stereocenters. The zero-order valence-corrected chi connectivity index (χ0v) is 10.2. The fourth-order valence-corrected chi connectivity index (χ4v) is 1.29.